The molecule has 0 fully saturated rings. The molecule has 0 heterocycles. The van der Waals surface area contributed by atoms with Gasteiger partial charge in [-0.25, -0.2) is 4.79 Å². The van der Waals surface area contributed by atoms with Crippen LogP contribution in [0.4, 0.5) is 0 Å². The molecule has 0 spiro atoms. The number of ether oxygens (including phenoxy) is 5. The SMILES string of the molecule is C=CC(=O)O.COC(O)COCCOCCOCCOCCO. The third kappa shape index (κ3) is 26.2. The molecule has 3 N–H and O–H groups in total. The second-order valence-electron chi connectivity index (χ2n) is 3.87. The van der Waals surface area contributed by atoms with Crippen LogP contribution in [0.15, 0.2) is 12.7 Å². The predicted octanol–water partition coefficient (Wildman–Crippen LogP) is -0.733. The lowest BCUT2D eigenvalue weighted by Gasteiger charge is -2.09. The van der Waals surface area contributed by atoms with Crippen LogP contribution in [0.3, 0.4) is 0 Å². The molecule has 0 amide bonds. The van der Waals surface area contributed by atoms with Crippen LogP contribution in [0.1, 0.15) is 0 Å². The highest BCUT2D eigenvalue weighted by molar-refractivity contribution is 5.78. The summed E-state index contributed by atoms with van der Waals surface area (Å²) in [5.41, 5.74) is 0. The highest BCUT2D eigenvalue weighted by atomic mass is 16.6. The average molecular weight is 340 g/mol. The van der Waals surface area contributed by atoms with Crippen molar-refractivity contribution >= 4 is 5.97 Å². The number of aliphatic hydroxyl groups is 2. The Morgan fingerprint density at radius 2 is 1.39 bits per heavy atom. The number of aliphatic hydroxyl groups excluding tert-OH is 2. The lowest BCUT2D eigenvalue weighted by Crippen LogP contribution is -2.19. The first-order valence-corrected chi connectivity index (χ1v) is 7.06. The average Bonchev–Trinajstić information content (AvgIpc) is 2.56. The molecule has 0 aliphatic rings. The van der Waals surface area contributed by atoms with Crippen LogP contribution < -0.4 is 0 Å². The number of hydrogen-bond donors (Lipinski definition) is 3. The standard InChI is InChI=1S/C11H24O7.C3H4O2/c1-14-11(13)10-18-9-8-17-7-6-16-5-4-15-3-2-12;1-2-3(4)5/h11-13H,2-10H2,1H3;2H,1H2,(H,4,5). The molecule has 0 aromatic heterocycles. The Balaban J connectivity index is 0. The van der Waals surface area contributed by atoms with Crippen LogP contribution in [0, 0.1) is 0 Å². The summed E-state index contributed by atoms with van der Waals surface area (Å²) in [7, 11) is 1.41. The molecule has 0 radical (unpaired) electrons. The largest absolute Gasteiger partial charge is 0.478 e. The van der Waals surface area contributed by atoms with E-state index in [9.17, 15) is 4.79 Å². The zero-order valence-electron chi connectivity index (χ0n) is 13.5. The number of carbonyl (C=O) groups is 1. The van der Waals surface area contributed by atoms with Crippen molar-refractivity contribution < 1.29 is 43.8 Å². The van der Waals surface area contributed by atoms with Crippen molar-refractivity contribution in [3.63, 3.8) is 0 Å². The number of rotatable bonds is 15. The summed E-state index contributed by atoms with van der Waals surface area (Å²) in [4.78, 5) is 9.25. The maximum Gasteiger partial charge on any atom is 0.327 e. The van der Waals surface area contributed by atoms with Gasteiger partial charge in [0.15, 0.2) is 6.29 Å². The second-order valence-corrected chi connectivity index (χ2v) is 3.87. The first-order chi connectivity index (χ1) is 11.1. The molecular weight excluding hydrogens is 312 g/mol. The van der Waals surface area contributed by atoms with Crippen LogP contribution in [0.5, 0.6) is 0 Å². The highest BCUT2D eigenvalue weighted by Crippen LogP contribution is 1.86. The third-order valence-corrected chi connectivity index (χ3v) is 2.06. The summed E-state index contributed by atoms with van der Waals surface area (Å²) in [6, 6.07) is 0. The van der Waals surface area contributed by atoms with Crippen molar-refractivity contribution in [2.24, 2.45) is 0 Å². The molecule has 0 aromatic carbocycles. The monoisotopic (exact) mass is 340 g/mol. The second kappa shape index (κ2) is 20.9. The number of aliphatic carboxylic acids is 1. The van der Waals surface area contributed by atoms with Gasteiger partial charge in [-0.2, -0.15) is 0 Å². The summed E-state index contributed by atoms with van der Waals surface area (Å²) >= 11 is 0. The van der Waals surface area contributed by atoms with Gasteiger partial charge >= 0.3 is 5.97 Å². The minimum Gasteiger partial charge on any atom is -0.478 e. The maximum absolute atomic E-state index is 9.25. The van der Waals surface area contributed by atoms with Crippen LogP contribution in [-0.4, -0.2) is 94.2 Å². The number of hydrogen-bond acceptors (Lipinski definition) is 8. The van der Waals surface area contributed by atoms with Gasteiger partial charge in [0.1, 0.15) is 0 Å². The van der Waals surface area contributed by atoms with Crippen molar-refractivity contribution in [2.45, 2.75) is 6.29 Å². The van der Waals surface area contributed by atoms with Gasteiger partial charge in [-0.05, 0) is 0 Å². The molecular formula is C14H28O9. The summed E-state index contributed by atoms with van der Waals surface area (Å²) in [6.07, 6.45) is -0.0488. The lowest BCUT2D eigenvalue weighted by atomic mass is 10.6. The summed E-state index contributed by atoms with van der Waals surface area (Å²) < 4.78 is 25.1. The van der Waals surface area contributed by atoms with Gasteiger partial charge in [0, 0.05) is 13.2 Å². The van der Waals surface area contributed by atoms with Gasteiger partial charge in [0.25, 0.3) is 0 Å². The van der Waals surface area contributed by atoms with Crippen LogP contribution in [-0.2, 0) is 28.5 Å². The van der Waals surface area contributed by atoms with E-state index in [1.54, 1.807) is 0 Å². The summed E-state index contributed by atoms with van der Waals surface area (Å²) in [6.45, 7) is 6.24. The van der Waals surface area contributed by atoms with Crippen LogP contribution in [0.2, 0.25) is 0 Å². The van der Waals surface area contributed by atoms with Crippen LogP contribution >= 0.6 is 0 Å². The molecule has 0 aromatic rings. The third-order valence-electron chi connectivity index (χ3n) is 2.06. The van der Waals surface area contributed by atoms with E-state index in [0.29, 0.717) is 46.2 Å². The lowest BCUT2D eigenvalue weighted by molar-refractivity contribution is -0.131. The van der Waals surface area contributed by atoms with Crippen molar-refractivity contribution in [1.82, 2.24) is 0 Å². The Labute approximate surface area is 136 Å². The molecule has 0 aliphatic carbocycles. The van der Waals surface area contributed by atoms with Crippen molar-refractivity contribution in [2.75, 3.05) is 66.6 Å². The van der Waals surface area contributed by atoms with E-state index in [2.05, 4.69) is 11.3 Å². The fourth-order valence-electron chi connectivity index (χ4n) is 0.976. The van der Waals surface area contributed by atoms with Gasteiger partial charge < -0.3 is 39.0 Å². The smallest absolute Gasteiger partial charge is 0.327 e. The Morgan fingerprint density at radius 1 is 1.00 bits per heavy atom. The minimum atomic E-state index is -0.981. The molecule has 0 aliphatic heterocycles. The van der Waals surface area contributed by atoms with E-state index < -0.39 is 12.3 Å². The molecule has 0 saturated carbocycles. The van der Waals surface area contributed by atoms with E-state index in [-0.39, 0.29) is 13.2 Å². The van der Waals surface area contributed by atoms with Crippen molar-refractivity contribution in [3.05, 3.63) is 12.7 Å². The summed E-state index contributed by atoms with van der Waals surface area (Å²) in [5.74, 6) is -0.981. The fourth-order valence-corrected chi connectivity index (χ4v) is 0.976. The number of carboxylic acids is 1. The number of carboxylic acid groups (broad SMARTS) is 1. The quantitative estimate of drug-likeness (QED) is 0.201. The first-order valence-electron chi connectivity index (χ1n) is 7.06. The van der Waals surface area contributed by atoms with Gasteiger partial charge in [0.05, 0.1) is 59.5 Å². The molecule has 0 bridgehead atoms. The highest BCUT2D eigenvalue weighted by Gasteiger charge is 1.99. The zero-order valence-corrected chi connectivity index (χ0v) is 13.5. The van der Waals surface area contributed by atoms with E-state index in [0.717, 1.165) is 6.08 Å². The number of methoxy groups -OCH3 is 1. The Kier molecular flexibility index (Phi) is 22.0. The minimum absolute atomic E-state index is 0.0287. The topological polar surface area (TPSA) is 124 Å². The van der Waals surface area contributed by atoms with Crippen LogP contribution in [0.25, 0.3) is 0 Å². The predicted molar refractivity (Wildman–Crippen MR) is 81.2 cm³/mol. The van der Waals surface area contributed by atoms with Gasteiger partial charge in [-0.1, -0.05) is 6.58 Å². The molecule has 0 rings (SSSR count). The molecule has 1 atom stereocenters. The Morgan fingerprint density at radius 3 is 1.74 bits per heavy atom. The molecule has 1 unspecified atom stereocenters. The summed E-state index contributed by atoms with van der Waals surface area (Å²) in [5, 5.41) is 25.0. The van der Waals surface area contributed by atoms with E-state index in [4.69, 9.17) is 34.3 Å². The molecule has 23 heavy (non-hydrogen) atoms. The Hall–Kier alpha value is -1.07. The maximum atomic E-state index is 9.25. The van der Waals surface area contributed by atoms with Crippen molar-refractivity contribution in [3.8, 4) is 0 Å². The molecule has 0 saturated heterocycles. The normalized spacial score (nSPS) is 11.4. The molecule has 138 valence electrons. The van der Waals surface area contributed by atoms with Gasteiger partial charge in [-0.3, -0.25) is 0 Å². The van der Waals surface area contributed by atoms with Gasteiger partial charge in [0.2, 0.25) is 0 Å². The zero-order chi connectivity index (χ0) is 17.8. The fraction of sp³-hybridized carbons (Fsp3) is 0.786. The molecule has 9 nitrogen and oxygen atoms in total. The first kappa shape index (κ1) is 24.2. The van der Waals surface area contributed by atoms with E-state index in [1.807, 2.05) is 0 Å². The van der Waals surface area contributed by atoms with Gasteiger partial charge in [-0.15, -0.1) is 0 Å². The van der Waals surface area contributed by atoms with E-state index >= 15 is 0 Å². The van der Waals surface area contributed by atoms with E-state index in [1.165, 1.54) is 7.11 Å². The Bertz CT molecular complexity index is 261. The molecule has 9 heteroatoms. The van der Waals surface area contributed by atoms with Crippen molar-refractivity contribution in [1.29, 1.82) is 0 Å².